The van der Waals surface area contributed by atoms with Crippen molar-refractivity contribution in [3.8, 4) is 0 Å². The van der Waals surface area contributed by atoms with Gasteiger partial charge in [-0.3, -0.25) is 4.79 Å². The van der Waals surface area contributed by atoms with Gasteiger partial charge in [-0.25, -0.2) is 0 Å². The molecule has 4 N–H and O–H groups in total. The number of halogens is 1. The van der Waals surface area contributed by atoms with Crippen LogP contribution in [0, 0.1) is 5.92 Å². The Hall–Kier alpha value is -1.52. The van der Waals surface area contributed by atoms with E-state index >= 15 is 0 Å². The number of fused-ring (bicyclic) bond motifs is 1. The molecule has 1 heterocycles. The van der Waals surface area contributed by atoms with E-state index in [1.807, 2.05) is 44.3 Å². The molecule has 2 unspecified atom stereocenters. The van der Waals surface area contributed by atoms with Gasteiger partial charge >= 0.3 is 0 Å². The van der Waals surface area contributed by atoms with Gasteiger partial charge in [0, 0.05) is 17.1 Å². The maximum Gasteiger partial charge on any atom is 0.241 e. The fourth-order valence-corrected chi connectivity index (χ4v) is 1.92. The number of hydrogen-bond donors (Lipinski definition) is 3. The number of amides is 1. The summed E-state index contributed by atoms with van der Waals surface area (Å²) in [7, 11) is 0. The number of hydrogen-bond acceptors (Lipinski definition) is 2. The number of aromatic amines is 1. The van der Waals surface area contributed by atoms with Gasteiger partial charge < -0.3 is 16.0 Å². The maximum atomic E-state index is 12.0. The Morgan fingerprint density at radius 2 is 2.16 bits per heavy atom. The quantitative estimate of drug-likeness (QED) is 0.806. The summed E-state index contributed by atoms with van der Waals surface area (Å²) >= 11 is 0. The number of carbonyl (C=O) groups is 1. The molecule has 2 rings (SSSR count). The van der Waals surface area contributed by atoms with E-state index in [0.29, 0.717) is 0 Å². The SMILES string of the molecule is CCC(C)C(N)C(=O)Nc1cccc2[nH]ccc12.Cl. The van der Waals surface area contributed by atoms with Crippen LogP contribution >= 0.6 is 12.4 Å². The molecular weight excluding hydrogens is 262 g/mol. The van der Waals surface area contributed by atoms with Gasteiger partial charge in [-0.05, 0) is 24.1 Å². The van der Waals surface area contributed by atoms with Crippen molar-refractivity contribution in [3.63, 3.8) is 0 Å². The normalized spacial score (nSPS) is 13.6. The Labute approximate surface area is 119 Å². The van der Waals surface area contributed by atoms with Crippen molar-refractivity contribution < 1.29 is 4.79 Å². The Balaban J connectivity index is 0.00000180. The lowest BCUT2D eigenvalue weighted by molar-refractivity contribution is -0.118. The number of rotatable bonds is 4. The summed E-state index contributed by atoms with van der Waals surface area (Å²) < 4.78 is 0. The lowest BCUT2D eigenvalue weighted by Crippen LogP contribution is -2.40. The standard InChI is InChI=1S/C14H19N3O.ClH/c1-3-9(2)13(15)14(18)17-12-6-4-5-11-10(12)7-8-16-11;/h4-9,13,16H,3,15H2,1-2H3,(H,17,18);1H. The molecule has 0 aliphatic carbocycles. The Morgan fingerprint density at radius 1 is 1.42 bits per heavy atom. The number of H-pyrrole nitrogens is 1. The molecule has 0 aliphatic heterocycles. The molecule has 0 saturated heterocycles. The number of nitrogens with one attached hydrogen (secondary N) is 2. The van der Waals surface area contributed by atoms with Gasteiger partial charge in [0.25, 0.3) is 0 Å². The highest BCUT2D eigenvalue weighted by Crippen LogP contribution is 2.22. The van der Waals surface area contributed by atoms with Gasteiger partial charge in [0.05, 0.1) is 11.7 Å². The molecule has 1 aromatic carbocycles. The highest BCUT2D eigenvalue weighted by atomic mass is 35.5. The third kappa shape index (κ3) is 3.28. The van der Waals surface area contributed by atoms with Crippen LogP contribution in [0.25, 0.3) is 10.9 Å². The van der Waals surface area contributed by atoms with E-state index in [2.05, 4.69) is 10.3 Å². The van der Waals surface area contributed by atoms with E-state index in [1.165, 1.54) is 0 Å². The van der Waals surface area contributed by atoms with Gasteiger partial charge in [-0.2, -0.15) is 0 Å². The van der Waals surface area contributed by atoms with E-state index in [-0.39, 0.29) is 24.2 Å². The highest BCUT2D eigenvalue weighted by Gasteiger charge is 2.19. The molecule has 2 atom stereocenters. The summed E-state index contributed by atoms with van der Waals surface area (Å²) in [6.45, 7) is 4.02. The third-order valence-corrected chi connectivity index (χ3v) is 3.41. The van der Waals surface area contributed by atoms with Gasteiger partial charge in [0.2, 0.25) is 5.91 Å². The summed E-state index contributed by atoms with van der Waals surface area (Å²) in [5.74, 6) is 0.0495. The van der Waals surface area contributed by atoms with Crippen molar-refractivity contribution in [1.29, 1.82) is 0 Å². The van der Waals surface area contributed by atoms with Crippen LogP contribution in [-0.2, 0) is 4.79 Å². The zero-order valence-electron chi connectivity index (χ0n) is 11.1. The van der Waals surface area contributed by atoms with E-state index in [4.69, 9.17) is 5.73 Å². The van der Waals surface area contributed by atoms with Crippen LogP contribution in [0.4, 0.5) is 5.69 Å². The molecule has 104 valence electrons. The van der Waals surface area contributed by atoms with Gasteiger partial charge in [-0.1, -0.05) is 26.3 Å². The number of nitrogens with two attached hydrogens (primary N) is 1. The monoisotopic (exact) mass is 281 g/mol. The zero-order valence-corrected chi connectivity index (χ0v) is 12.0. The van der Waals surface area contributed by atoms with Crippen LogP contribution in [0.5, 0.6) is 0 Å². The molecule has 19 heavy (non-hydrogen) atoms. The summed E-state index contributed by atoms with van der Waals surface area (Å²) in [6.07, 6.45) is 2.75. The molecule has 4 nitrogen and oxygen atoms in total. The van der Waals surface area contributed by atoms with Crippen molar-refractivity contribution in [2.75, 3.05) is 5.32 Å². The summed E-state index contributed by atoms with van der Waals surface area (Å²) in [6, 6.07) is 7.24. The Kier molecular flexibility index (Phi) is 5.39. The van der Waals surface area contributed by atoms with E-state index < -0.39 is 6.04 Å². The van der Waals surface area contributed by atoms with Crippen LogP contribution in [0.15, 0.2) is 30.5 Å². The lowest BCUT2D eigenvalue weighted by atomic mass is 9.99. The van der Waals surface area contributed by atoms with Crippen LogP contribution in [0.2, 0.25) is 0 Å². The molecule has 2 aromatic rings. The van der Waals surface area contributed by atoms with Gasteiger partial charge in [0.1, 0.15) is 0 Å². The molecule has 0 radical (unpaired) electrons. The van der Waals surface area contributed by atoms with Crippen molar-refractivity contribution in [2.24, 2.45) is 11.7 Å². The fraction of sp³-hybridized carbons (Fsp3) is 0.357. The fourth-order valence-electron chi connectivity index (χ4n) is 1.92. The topological polar surface area (TPSA) is 70.9 Å². The van der Waals surface area contributed by atoms with Crippen molar-refractivity contribution in [2.45, 2.75) is 26.3 Å². The largest absolute Gasteiger partial charge is 0.361 e. The Bertz CT molecular complexity index is 552. The lowest BCUT2D eigenvalue weighted by Gasteiger charge is -2.18. The second kappa shape index (κ2) is 6.59. The van der Waals surface area contributed by atoms with Gasteiger partial charge in [-0.15, -0.1) is 12.4 Å². The first kappa shape index (κ1) is 15.5. The van der Waals surface area contributed by atoms with Crippen molar-refractivity contribution >= 4 is 34.9 Å². The molecular formula is C14H20ClN3O. The van der Waals surface area contributed by atoms with Crippen LogP contribution in [-0.4, -0.2) is 16.9 Å². The molecule has 0 aliphatic rings. The van der Waals surface area contributed by atoms with Crippen LogP contribution in [0.1, 0.15) is 20.3 Å². The van der Waals surface area contributed by atoms with Crippen LogP contribution in [0.3, 0.4) is 0 Å². The molecule has 0 bridgehead atoms. The van der Waals surface area contributed by atoms with Crippen molar-refractivity contribution in [1.82, 2.24) is 4.98 Å². The first-order valence-electron chi connectivity index (χ1n) is 6.26. The minimum Gasteiger partial charge on any atom is -0.361 e. The molecule has 1 aromatic heterocycles. The predicted octanol–water partition coefficient (Wildman–Crippen LogP) is 2.90. The van der Waals surface area contributed by atoms with Crippen molar-refractivity contribution in [3.05, 3.63) is 30.5 Å². The number of benzene rings is 1. The average molecular weight is 282 g/mol. The molecule has 0 spiro atoms. The summed E-state index contributed by atoms with van der Waals surface area (Å²) in [5.41, 5.74) is 7.73. The van der Waals surface area contributed by atoms with Gasteiger partial charge in [0.15, 0.2) is 0 Å². The Morgan fingerprint density at radius 3 is 2.84 bits per heavy atom. The van der Waals surface area contributed by atoms with E-state index in [9.17, 15) is 4.79 Å². The molecule has 0 fully saturated rings. The molecule has 0 saturated carbocycles. The smallest absolute Gasteiger partial charge is 0.241 e. The highest BCUT2D eigenvalue weighted by molar-refractivity contribution is 6.03. The second-order valence-electron chi connectivity index (χ2n) is 4.65. The average Bonchev–Trinajstić information content (AvgIpc) is 2.86. The number of anilines is 1. The third-order valence-electron chi connectivity index (χ3n) is 3.41. The first-order chi connectivity index (χ1) is 8.63. The maximum absolute atomic E-state index is 12.0. The summed E-state index contributed by atoms with van der Waals surface area (Å²) in [4.78, 5) is 15.1. The minimum absolute atomic E-state index is 0. The molecule has 1 amide bonds. The number of aromatic nitrogens is 1. The van der Waals surface area contributed by atoms with E-state index in [1.54, 1.807) is 0 Å². The zero-order chi connectivity index (χ0) is 13.1. The summed E-state index contributed by atoms with van der Waals surface area (Å²) in [5, 5.41) is 3.90. The molecule has 5 heteroatoms. The second-order valence-corrected chi connectivity index (χ2v) is 4.65. The number of carbonyl (C=O) groups excluding carboxylic acids is 1. The van der Waals surface area contributed by atoms with Crippen LogP contribution < -0.4 is 11.1 Å². The minimum atomic E-state index is -0.468. The van der Waals surface area contributed by atoms with E-state index in [0.717, 1.165) is 23.0 Å². The predicted molar refractivity (Wildman–Crippen MR) is 81.6 cm³/mol. The first-order valence-corrected chi connectivity index (χ1v) is 6.26.